The summed E-state index contributed by atoms with van der Waals surface area (Å²) in [7, 11) is 0. The third-order valence-electron chi connectivity index (χ3n) is 2.22. The summed E-state index contributed by atoms with van der Waals surface area (Å²) in [4.78, 5) is 0. The van der Waals surface area contributed by atoms with Gasteiger partial charge in [0.2, 0.25) is 0 Å². The molecule has 2 unspecified atom stereocenters. The first-order valence-electron chi connectivity index (χ1n) is 4.51. The molecule has 0 aromatic heterocycles. The maximum absolute atomic E-state index is 13.6. The van der Waals surface area contributed by atoms with Crippen molar-refractivity contribution in [2.24, 2.45) is 0 Å². The zero-order chi connectivity index (χ0) is 10.1. The Balaban J connectivity index is 2.28. The van der Waals surface area contributed by atoms with Crippen LogP contribution in [0, 0.1) is 5.82 Å². The van der Waals surface area contributed by atoms with Gasteiger partial charge >= 0.3 is 0 Å². The lowest BCUT2D eigenvalue weighted by atomic mass is 10.2. The molecule has 1 saturated heterocycles. The molecule has 1 aliphatic rings. The van der Waals surface area contributed by atoms with Crippen LogP contribution in [0.15, 0.2) is 18.2 Å². The van der Waals surface area contributed by atoms with Gasteiger partial charge in [0.15, 0.2) is 0 Å². The maximum atomic E-state index is 13.6. The average Bonchev–Trinajstić information content (AvgIpc) is 2.57. The van der Waals surface area contributed by atoms with Crippen LogP contribution in [0.3, 0.4) is 0 Å². The third kappa shape index (κ3) is 1.90. The predicted molar refractivity (Wildman–Crippen MR) is 59.2 cm³/mol. The molecule has 0 amide bonds. The van der Waals surface area contributed by atoms with E-state index in [4.69, 9.17) is 11.6 Å². The van der Waals surface area contributed by atoms with Gasteiger partial charge in [0.1, 0.15) is 5.82 Å². The topological polar surface area (TPSA) is 12.0 Å². The molecule has 76 valence electrons. The van der Waals surface area contributed by atoms with E-state index in [9.17, 15) is 4.39 Å². The highest BCUT2D eigenvalue weighted by molar-refractivity contribution is 8.00. The van der Waals surface area contributed by atoms with E-state index < -0.39 is 0 Å². The van der Waals surface area contributed by atoms with E-state index in [-0.39, 0.29) is 16.2 Å². The molecule has 0 saturated carbocycles. The van der Waals surface area contributed by atoms with Crippen molar-refractivity contribution in [2.45, 2.75) is 17.5 Å². The Morgan fingerprint density at radius 3 is 3.00 bits per heavy atom. The van der Waals surface area contributed by atoms with Crippen molar-refractivity contribution in [3.05, 3.63) is 34.6 Å². The fourth-order valence-corrected chi connectivity index (χ4v) is 2.87. The Morgan fingerprint density at radius 2 is 2.36 bits per heavy atom. The molecule has 1 aromatic rings. The van der Waals surface area contributed by atoms with Gasteiger partial charge < -0.3 is 5.32 Å². The molecule has 0 aliphatic carbocycles. The lowest BCUT2D eigenvalue weighted by Gasteiger charge is -2.11. The number of hydrogen-bond acceptors (Lipinski definition) is 2. The average molecular weight is 232 g/mol. The molecular formula is C10H11ClFNS. The molecule has 14 heavy (non-hydrogen) atoms. The normalized spacial score (nSPS) is 26.8. The third-order valence-corrected chi connectivity index (χ3v) is 3.84. The number of halogens is 2. The maximum Gasteiger partial charge on any atom is 0.147 e. The second-order valence-corrected chi connectivity index (χ2v) is 5.33. The van der Waals surface area contributed by atoms with Gasteiger partial charge in [-0.05, 0) is 6.07 Å². The van der Waals surface area contributed by atoms with Crippen LogP contribution in [0.1, 0.15) is 17.9 Å². The predicted octanol–water partition coefficient (Wildman–Crippen LogP) is 3.20. The van der Waals surface area contributed by atoms with E-state index in [0.717, 1.165) is 6.54 Å². The van der Waals surface area contributed by atoms with Crippen LogP contribution in [0.25, 0.3) is 0 Å². The Morgan fingerprint density at radius 1 is 1.57 bits per heavy atom. The summed E-state index contributed by atoms with van der Waals surface area (Å²) in [6, 6.07) is 5.14. The van der Waals surface area contributed by atoms with Crippen LogP contribution in [0.4, 0.5) is 4.39 Å². The standard InChI is InChI=1S/C10H11ClFNS/c1-6-5-13-10(14-6)7-3-2-4-8(11)9(7)12/h2-4,6,10,13H,5H2,1H3. The zero-order valence-electron chi connectivity index (χ0n) is 7.76. The van der Waals surface area contributed by atoms with Crippen LogP contribution in [-0.2, 0) is 0 Å². The highest BCUT2D eigenvalue weighted by atomic mass is 35.5. The summed E-state index contributed by atoms with van der Waals surface area (Å²) in [5, 5.41) is 4.02. The Kier molecular flexibility index (Phi) is 3.00. The van der Waals surface area contributed by atoms with Crippen molar-refractivity contribution < 1.29 is 4.39 Å². The van der Waals surface area contributed by atoms with Crippen molar-refractivity contribution in [1.29, 1.82) is 0 Å². The molecule has 1 nitrogen and oxygen atoms in total. The van der Waals surface area contributed by atoms with Crippen molar-refractivity contribution in [3.63, 3.8) is 0 Å². The van der Waals surface area contributed by atoms with Crippen molar-refractivity contribution >= 4 is 23.4 Å². The quantitative estimate of drug-likeness (QED) is 0.797. The van der Waals surface area contributed by atoms with Crippen LogP contribution >= 0.6 is 23.4 Å². The van der Waals surface area contributed by atoms with Crippen molar-refractivity contribution in [1.82, 2.24) is 5.32 Å². The number of nitrogens with one attached hydrogen (secondary N) is 1. The van der Waals surface area contributed by atoms with Gasteiger partial charge in [0, 0.05) is 17.4 Å². The summed E-state index contributed by atoms with van der Waals surface area (Å²) >= 11 is 7.45. The van der Waals surface area contributed by atoms with E-state index in [1.807, 2.05) is 0 Å². The van der Waals surface area contributed by atoms with Gasteiger partial charge in [-0.3, -0.25) is 0 Å². The molecule has 0 bridgehead atoms. The van der Waals surface area contributed by atoms with E-state index in [1.54, 1.807) is 30.0 Å². The molecule has 0 radical (unpaired) electrons. The first-order valence-corrected chi connectivity index (χ1v) is 5.83. The van der Waals surface area contributed by atoms with E-state index in [0.29, 0.717) is 10.8 Å². The zero-order valence-corrected chi connectivity index (χ0v) is 9.33. The minimum Gasteiger partial charge on any atom is -0.300 e. The Bertz CT molecular complexity index is 345. The Labute approximate surface area is 92.0 Å². The van der Waals surface area contributed by atoms with Crippen LogP contribution in [0.5, 0.6) is 0 Å². The molecule has 1 fully saturated rings. The van der Waals surface area contributed by atoms with Crippen molar-refractivity contribution in [2.75, 3.05) is 6.54 Å². The summed E-state index contributed by atoms with van der Waals surface area (Å²) in [5.41, 5.74) is 0.659. The van der Waals surface area contributed by atoms with E-state index in [1.165, 1.54) is 0 Å². The molecule has 1 aliphatic heterocycles. The second-order valence-electron chi connectivity index (χ2n) is 3.38. The number of benzene rings is 1. The molecule has 0 spiro atoms. The summed E-state index contributed by atoms with van der Waals surface area (Å²) in [6.07, 6.45) is 0. The van der Waals surface area contributed by atoms with Crippen LogP contribution < -0.4 is 5.32 Å². The molecule has 1 heterocycles. The Hall–Kier alpha value is -0.250. The van der Waals surface area contributed by atoms with Gasteiger partial charge in [-0.25, -0.2) is 4.39 Å². The van der Waals surface area contributed by atoms with Crippen LogP contribution in [0.2, 0.25) is 5.02 Å². The molecule has 2 atom stereocenters. The number of rotatable bonds is 1. The molecule has 1 aromatic carbocycles. The number of thioether (sulfide) groups is 1. The van der Waals surface area contributed by atoms with Gasteiger partial charge in [-0.15, -0.1) is 11.8 Å². The number of hydrogen-bond donors (Lipinski definition) is 1. The minimum absolute atomic E-state index is 0.0451. The largest absolute Gasteiger partial charge is 0.300 e. The fourth-order valence-electron chi connectivity index (χ4n) is 1.51. The minimum atomic E-state index is -0.298. The highest BCUT2D eigenvalue weighted by Gasteiger charge is 2.25. The molecular weight excluding hydrogens is 221 g/mol. The van der Waals surface area contributed by atoms with Gasteiger partial charge in [-0.2, -0.15) is 0 Å². The first kappa shape index (κ1) is 10.3. The van der Waals surface area contributed by atoms with E-state index in [2.05, 4.69) is 12.2 Å². The van der Waals surface area contributed by atoms with E-state index >= 15 is 0 Å². The summed E-state index contributed by atoms with van der Waals surface area (Å²) in [5.74, 6) is -0.298. The lowest BCUT2D eigenvalue weighted by molar-refractivity contribution is 0.593. The van der Waals surface area contributed by atoms with Crippen LogP contribution in [-0.4, -0.2) is 11.8 Å². The summed E-state index contributed by atoms with van der Waals surface area (Å²) < 4.78 is 13.6. The molecule has 4 heteroatoms. The second kappa shape index (κ2) is 4.09. The monoisotopic (exact) mass is 231 g/mol. The smallest absolute Gasteiger partial charge is 0.147 e. The fraction of sp³-hybridized carbons (Fsp3) is 0.400. The van der Waals surface area contributed by atoms with Gasteiger partial charge in [0.05, 0.1) is 10.4 Å². The molecule has 2 rings (SSSR count). The van der Waals surface area contributed by atoms with Crippen molar-refractivity contribution in [3.8, 4) is 0 Å². The summed E-state index contributed by atoms with van der Waals surface area (Å²) in [6.45, 7) is 3.04. The molecule has 1 N–H and O–H groups in total. The van der Waals surface area contributed by atoms with Gasteiger partial charge in [-0.1, -0.05) is 30.7 Å². The first-order chi connectivity index (χ1) is 6.68. The highest BCUT2D eigenvalue weighted by Crippen LogP contribution is 2.37. The lowest BCUT2D eigenvalue weighted by Crippen LogP contribution is -2.14. The van der Waals surface area contributed by atoms with Gasteiger partial charge in [0.25, 0.3) is 0 Å². The SMILES string of the molecule is CC1CNC(c2cccc(Cl)c2F)S1.